The second kappa shape index (κ2) is 10.4. The van der Waals surface area contributed by atoms with Crippen molar-refractivity contribution in [3.63, 3.8) is 0 Å². The smallest absolute Gasteiger partial charge is 0.169 e. The number of nitrogens with one attached hydrogen (secondary N) is 1. The molecule has 3 aromatic rings. The SMILES string of the molecule is CCCc1c(Oc2ccc(C(C)OCC)cc2OC)ccc2onc(C3CCNCC3)c12. The van der Waals surface area contributed by atoms with Crippen LogP contribution in [0.3, 0.4) is 0 Å². The van der Waals surface area contributed by atoms with E-state index in [2.05, 4.69) is 17.4 Å². The van der Waals surface area contributed by atoms with Crippen molar-refractivity contribution in [1.29, 1.82) is 0 Å². The van der Waals surface area contributed by atoms with E-state index in [1.807, 2.05) is 44.2 Å². The van der Waals surface area contributed by atoms with Crippen molar-refractivity contribution in [3.05, 3.63) is 47.2 Å². The lowest BCUT2D eigenvalue weighted by Gasteiger charge is -2.21. The Hall–Kier alpha value is -2.57. The molecule has 1 atom stereocenters. The zero-order valence-corrected chi connectivity index (χ0v) is 19.6. The van der Waals surface area contributed by atoms with Crippen LogP contribution in [0.25, 0.3) is 11.0 Å². The van der Waals surface area contributed by atoms with Crippen molar-refractivity contribution in [2.45, 2.75) is 58.5 Å². The Kier molecular flexibility index (Phi) is 7.33. The van der Waals surface area contributed by atoms with Crippen LogP contribution in [0.15, 0.2) is 34.9 Å². The number of hydrogen-bond acceptors (Lipinski definition) is 6. The molecule has 2 aromatic carbocycles. The molecule has 1 aliphatic rings. The highest BCUT2D eigenvalue weighted by molar-refractivity contribution is 5.86. The molecule has 1 unspecified atom stereocenters. The molecule has 172 valence electrons. The quantitative estimate of drug-likeness (QED) is 0.432. The number of benzene rings is 2. The highest BCUT2D eigenvalue weighted by Crippen LogP contribution is 2.41. The first-order valence-electron chi connectivity index (χ1n) is 11.8. The van der Waals surface area contributed by atoms with Crippen LogP contribution in [0.4, 0.5) is 0 Å². The monoisotopic (exact) mass is 438 g/mol. The molecule has 0 radical (unpaired) electrons. The number of aromatic nitrogens is 1. The lowest BCUT2D eigenvalue weighted by molar-refractivity contribution is 0.0762. The Balaban J connectivity index is 1.72. The Bertz CT molecular complexity index is 1040. The second-order valence-electron chi connectivity index (χ2n) is 8.37. The molecule has 4 rings (SSSR count). The van der Waals surface area contributed by atoms with Gasteiger partial charge in [-0.1, -0.05) is 24.6 Å². The summed E-state index contributed by atoms with van der Waals surface area (Å²) in [5.41, 5.74) is 4.13. The summed E-state index contributed by atoms with van der Waals surface area (Å²) in [6.45, 7) is 8.93. The van der Waals surface area contributed by atoms with Gasteiger partial charge >= 0.3 is 0 Å². The highest BCUT2D eigenvalue weighted by atomic mass is 16.5. The van der Waals surface area contributed by atoms with E-state index in [4.69, 9.17) is 18.7 Å². The fourth-order valence-electron chi connectivity index (χ4n) is 4.56. The Labute approximate surface area is 190 Å². The van der Waals surface area contributed by atoms with Crippen LogP contribution in [0.5, 0.6) is 17.2 Å². The van der Waals surface area contributed by atoms with Crippen LogP contribution in [-0.2, 0) is 11.2 Å². The summed E-state index contributed by atoms with van der Waals surface area (Å²) in [4.78, 5) is 0. The van der Waals surface area contributed by atoms with E-state index in [1.54, 1.807) is 7.11 Å². The van der Waals surface area contributed by atoms with Gasteiger partial charge in [0.15, 0.2) is 17.1 Å². The van der Waals surface area contributed by atoms with E-state index in [1.165, 1.54) is 0 Å². The molecule has 1 aliphatic heterocycles. The van der Waals surface area contributed by atoms with Gasteiger partial charge in [-0.05, 0) is 76.0 Å². The molecule has 1 N–H and O–H groups in total. The largest absolute Gasteiger partial charge is 0.493 e. The third-order valence-electron chi connectivity index (χ3n) is 6.25. The van der Waals surface area contributed by atoms with Crippen LogP contribution < -0.4 is 14.8 Å². The highest BCUT2D eigenvalue weighted by Gasteiger charge is 2.25. The van der Waals surface area contributed by atoms with Gasteiger partial charge in [-0.2, -0.15) is 0 Å². The number of hydrogen-bond donors (Lipinski definition) is 1. The number of ether oxygens (including phenoxy) is 3. The normalized spacial score (nSPS) is 15.8. The summed E-state index contributed by atoms with van der Waals surface area (Å²) in [6, 6.07) is 9.95. The molecule has 6 heteroatoms. The molecule has 1 aromatic heterocycles. The van der Waals surface area contributed by atoms with Crippen molar-refractivity contribution >= 4 is 11.0 Å². The molecule has 0 aliphatic carbocycles. The van der Waals surface area contributed by atoms with E-state index >= 15 is 0 Å². The van der Waals surface area contributed by atoms with Gasteiger partial charge in [0, 0.05) is 18.1 Å². The van der Waals surface area contributed by atoms with Crippen molar-refractivity contribution in [2.75, 3.05) is 26.8 Å². The van der Waals surface area contributed by atoms with E-state index in [0.717, 1.165) is 72.3 Å². The summed E-state index contributed by atoms with van der Waals surface area (Å²) in [5, 5.41) is 9.05. The first kappa shape index (κ1) is 22.6. The minimum atomic E-state index is -0.000464. The number of aryl methyl sites for hydroxylation is 1. The predicted octanol–water partition coefficient (Wildman–Crippen LogP) is 6.15. The van der Waals surface area contributed by atoms with Gasteiger partial charge in [-0.15, -0.1) is 0 Å². The molecule has 2 heterocycles. The first-order chi connectivity index (χ1) is 15.7. The van der Waals surface area contributed by atoms with Crippen LogP contribution >= 0.6 is 0 Å². The lowest BCUT2D eigenvalue weighted by atomic mass is 9.90. The number of fused-ring (bicyclic) bond motifs is 1. The van der Waals surface area contributed by atoms with Gasteiger partial charge in [0.05, 0.1) is 24.3 Å². The minimum absolute atomic E-state index is 0.000464. The summed E-state index contributed by atoms with van der Waals surface area (Å²) >= 11 is 0. The minimum Gasteiger partial charge on any atom is -0.493 e. The average molecular weight is 439 g/mol. The molecular weight excluding hydrogens is 404 g/mol. The standard InChI is InChI=1S/C26H34N2O4/c1-5-7-20-21(31-22-9-8-19(16-24(22)29-4)17(3)30-6-2)10-11-23-25(20)26(28-32-23)18-12-14-27-15-13-18/h8-11,16-18,27H,5-7,12-15H2,1-4H3. The Morgan fingerprint density at radius 3 is 2.59 bits per heavy atom. The van der Waals surface area contributed by atoms with E-state index in [9.17, 15) is 0 Å². The third-order valence-corrected chi connectivity index (χ3v) is 6.25. The van der Waals surface area contributed by atoms with Gasteiger partial charge < -0.3 is 24.1 Å². The zero-order valence-electron chi connectivity index (χ0n) is 19.6. The van der Waals surface area contributed by atoms with Crippen LogP contribution in [0.1, 0.15) is 68.9 Å². The number of methoxy groups -OCH3 is 1. The van der Waals surface area contributed by atoms with Crippen molar-refractivity contribution in [3.8, 4) is 17.2 Å². The molecule has 1 fully saturated rings. The fourth-order valence-corrected chi connectivity index (χ4v) is 4.56. The van der Waals surface area contributed by atoms with Gasteiger partial charge in [0.25, 0.3) is 0 Å². The lowest BCUT2D eigenvalue weighted by Crippen LogP contribution is -2.26. The maximum absolute atomic E-state index is 6.45. The van der Waals surface area contributed by atoms with Gasteiger partial charge in [0.1, 0.15) is 5.75 Å². The second-order valence-corrected chi connectivity index (χ2v) is 8.37. The molecule has 32 heavy (non-hydrogen) atoms. The molecule has 1 saturated heterocycles. The number of nitrogens with zero attached hydrogens (tertiary/aromatic N) is 1. The van der Waals surface area contributed by atoms with Crippen LogP contribution in [0, 0.1) is 0 Å². The summed E-state index contributed by atoms with van der Waals surface area (Å²) < 4.78 is 23.6. The molecule has 0 bridgehead atoms. The summed E-state index contributed by atoms with van der Waals surface area (Å²) in [7, 11) is 1.67. The topological polar surface area (TPSA) is 65.8 Å². The zero-order chi connectivity index (χ0) is 22.5. The van der Waals surface area contributed by atoms with Crippen LogP contribution in [0.2, 0.25) is 0 Å². The van der Waals surface area contributed by atoms with E-state index in [-0.39, 0.29) is 6.10 Å². The maximum Gasteiger partial charge on any atom is 0.169 e. The van der Waals surface area contributed by atoms with Gasteiger partial charge in [-0.3, -0.25) is 0 Å². The maximum atomic E-state index is 6.45. The van der Waals surface area contributed by atoms with Gasteiger partial charge in [-0.25, -0.2) is 0 Å². The van der Waals surface area contributed by atoms with Crippen molar-refractivity contribution in [2.24, 2.45) is 0 Å². The third kappa shape index (κ3) is 4.62. The molecular formula is C26H34N2O4. The first-order valence-corrected chi connectivity index (χ1v) is 11.8. The molecule has 0 spiro atoms. The number of piperidine rings is 1. The van der Waals surface area contributed by atoms with Gasteiger partial charge in [0.2, 0.25) is 0 Å². The fraction of sp³-hybridized carbons (Fsp3) is 0.500. The van der Waals surface area contributed by atoms with Crippen molar-refractivity contribution in [1.82, 2.24) is 10.5 Å². The van der Waals surface area contributed by atoms with Crippen molar-refractivity contribution < 1.29 is 18.7 Å². The molecule has 6 nitrogen and oxygen atoms in total. The molecule has 0 amide bonds. The number of rotatable bonds is 9. The Morgan fingerprint density at radius 1 is 1.09 bits per heavy atom. The molecule has 0 saturated carbocycles. The predicted molar refractivity (Wildman–Crippen MR) is 126 cm³/mol. The van der Waals surface area contributed by atoms with E-state index < -0.39 is 0 Å². The van der Waals surface area contributed by atoms with Crippen LogP contribution in [-0.4, -0.2) is 32.0 Å². The summed E-state index contributed by atoms with van der Waals surface area (Å²) in [6.07, 6.45) is 4.05. The Morgan fingerprint density at radius 2 is 1.88 bits per heavy atom. The summed E-state index contributed by atoms with van der Waals surface area (Å²) in [5.74, 6) is 2.64. The van der Waals surface area contributed by atoms with E-state index in [0.29, 0.717) is 24.0 Å². The average Bonchev–Trinajstić information content (AvgIpc) is 3.26.